The Hall–Kier alpha value is -1.54. The van der Waals surface area contributed by atoms with E-state index < -0.39 is 23.7 Å². The highest BCUT2D eigenvalue weighted by Gasteiger charge is 2.23. The Morgan fingerprint density at radius 1 is 0.824 bits per heavy atom. The summed E-state index contributed by atoms with van der Waals surface area (Å²) in [5, 5.41) is 2.49. The van der Waals surface area contributed by atoms with Crippen LogP contribution in [0.1, 0.15) is 98.8 Å². The number of hydrogen-bond donors (Lipinski definition) is 2. The summed E-state index contributed by atoms with van der Waals surface area (Å²) in [6.07, 6.45) is 11.7. The Balaban J connectivity index is 0.000000676. The van der Waals surface area contributed by atoms with Crippen LogP contribution >= 0.6 is 12.4 Å². The van der Waals surface area contributed by atoms with Crippen molar-refractivity contribution in [3.63, 3.8) is 0 Å². The van der Waals surface area contributed by atoms with Crippen molar-refractivity contribution < 1.29 is 34.3 Å². The highest BCUT2D eigenvalue weighted by molar-refractivity contribution is 5.85. The first-order valence-electron chi connectivity index (χ1n) is 12.6. The number of quaternary nitrogens is 1. The van der Waals surface area contributed by atoms with Crippen molar-refractivity contribution in [3.05, 3.63) is 0 Å². The Morgan fingerprint density at radius 3 is 1.62 bits per heavy atom. The van der Waals surface area contributed by atoms with E-state index in [0.29, 0.717) is 25.0 Å². The second kappa shape index (κ2) is 17.0. The zero-order valence-corrected chi connectivity index (χ0v) is 22.7. The lowest BCUT2D eigenvalue weighted by Crippen LogP contribution is -2.63. The van der Waals surface area contributed by atoms with Gasteiger partial charge >= 0.3 is 18.0 Å². The zero-order chi connectivity index (χ0) is 24.9. The van der Waals surface area contributed by atoms with Gasteiger partial charge in [-0.3, -0.25) is 0 Å². The van der Waals surface area contributed by atoms with E-state index in [2.05, 4.69) is 11.1 Å². The van der Waals surface area contributed by atoms with Gasteiger partial charge in [0.05, 0.1) is 13.2 Å². The summed E-state index contributed by atoms with van der Waals surface area (Å²) in [7, 11) is 0. The lowest BCUT2D eigenvalue weighted by Gasteiger charge is -2.23. The number of hydrogen-bond acceptors (Lipinski definition) is 6. The molecule has 0 aromatic rings. The fourth-order valence-corrected chi connectivity index (χ4v) is 3.92. The lowest BCUT2D eigenvalue weighted by molar-refractivity contribution is -0.403. The predicted octanol–water partition coefficient (Wildman–Crippen LogP) is 4.19. The fraction of sp³-hybridized carbons (Fsp3) is 0.880. The lowest BCUT2D eigenvalue weighted by atomic mass is 9.90. The molecule has 0 spiro atoms. The van der Waals surface area contributed by atoms with E-state index in [4.69, 9.17) is 14.2 Å². The minimum absolute atomic E-state index is 0. The van der Waals surface area contributed by atoms with Crippen LogP contribution in [0.2, 0.25) is 0 Å². The van der Waals surface area contributed by atoms with Crippen molar-refractivity contribution in [2.75, 3.05) is 13.2 Å². The molecule has 200 valence electrons. The molecule has 2 aliphatic carbocycles. The van der Waals surface area contributed by atoms with Crippen LogP contribution in [0.25, 0.3) is 0 Å². The number of esters is 2. The van der Waals surface area contributed by atoms with E-state index in [9.17, 15) is 14.4 Å². The van der Waals surface area contributed by atoms with Crippen molar-refractivity contribution in [1.29, 1.82) is 0 Å². The highest BCUT2D eigenvalue weighted by Crippen LogP contribution is 2.24. The van der Waals surface area contributed by atoms with Crippen LogP contribution in [0, 0.1) is 11.8 Å². The minimum Gasteiger partial charge on any atom is -0.464 e. The molecule has 0 bridgehead atoms. The first-order chi connectivity index (χ1) is 15.5. The van der Waals surface area contributed by atoms with Gasteiger partial charge in [0.2, 0.25) is 0 Å². The van der Waals surface area contributed by atoms with Crippen LogP contribution in [-0.2, 0) is 23.8 Å². The molecule has 9 heteroatoms. The molecule has 0 aromatic heterocycles. The molecule has 4 N–H and O–H groups in total. The standard InChI is InChI=1S/C15H27NO4.C10H19NO2.ClH/c1-11(16-14(18)20-15(2,3)4)13(17)19-10-12-8-6-5-7-9-12;1-8(11)10(12)13-7-9-5-3-2-4-6-9;/h11-12H,5-10H2,1-4H3,(H,16,18);8-9H,2-7,11H2,1H3;1H/p+1/t11-;8-;/m00./s1. The number of rotatable bonds is 7. The fourth-order valence-electron chi connectivity index (χ4n) is 3.92. The monoisotopic (exact) mass is 507 g/mol. The van der Waals surface area contributed by atoms with Crippen molar-refractivity contribution in [3.8, 4) is 0 Å². The first-order valence-corrected chi connectivity index (χ1v) is 12.6. The van der Waals surface area contributed by atoms with Gasteiger partial charge in [0.25, 0.3) is 0 Å². The number of halogens is 1. The molecule has 2 fully saturated rings. The first kappa shape index (κ1) is 32.5. The van der Waals surface area contributed by atoms with E-state index in [-0.39, 0.29) is 24.4 Å². The van der Waals surface area contributed by atoms with E-state index in [0.717, 1.165) is 12.8 Å². The maximum Gasteiger partial charge on any atom is 0.408 e. The van der Waals surface area contributed by atoms with Crippen LogP contribution < -0.4 is 11.1 Å². The van der Waals surface area contributed by atoms with E-state index >= 15 is 0 Å². The van der Waals surface area contributed by atoms with Crippen LogP contribution in [-0.4, -0.2) is 48.9 Å². The summed E-state index contributed by atoms with van der Waals surface area (Å²) in [4.78, 5) is 34.4. The van der Waals surface area contributed by atoms with Gasteiger partial charge in [-0.25, -0.2) is 14.4 Å². The maximum absolute atomic E-state index is 11.8. The van der Waals surface area contributed by atoms with Crippen molar-refractivity contribution >= 4 is 30.4 Å². The van der Waals surface area contributed by atoms with Crippen LogP contribution in [0.3, 0.4) is 0 Å². The largest absolute Gasteiger partial charge is 0.464 e. The third-order valence-corrected chi connectivity index (χ3v) is 5.86. The molecule has 2 aliphatic rings. The Labute approximate surface area is 211 Å². The van der Waals surface area contributed by atoms with Gasteiger partial charge in [-0.1, -0.05) is 38.5 Å². The maximum atomic E-state index is 11.8. The van der Waals surface area contributed by atoms with E-state index in [1.165, 1.54) is 51.4 Å². The molecule has 0 aromatic carbocycles. The third-order valence-electron chi connectivity index (χ3n) is 5.86. The molecule has 0 radical (unpaired) electrons. The SMILES string of the molecule is C[C@H](NC(=O)OC(C)(C)C)C(=O)OCC1CCCCC1.C[C@H]([NH3+])C(=O)OCC1CCCCC1.Cl. The van der Waals surface area contributed by atoms with E-state index in [1.807, 2.05) is 0 Å². The smallest absolute Gasteiger partial charge is 0.408 e. The molecule has 0 saturated heterocycles. The molecule has 34 heavy (non-hydrogen) atoms. The number of carbonyl (C=O) groups is 3. The molecular formula is C25H48ClN2O6+. The van der Waals surface area contributed by atoms with E-state index in [1.54, 1.807) is 34.6 Å². The average Bonchev–Trinajstić information content (AvgIpc) is 2.76. The number of alkyl carbamates (subject to hydrolysis) is 1. The average molecular weight is 508 g/mol. The molecule has 0 heterocycles. The van der Waals surface area contributed by atoms with Gasteiger partial charge in [-0.2, -0.15) is 0 Å². The van der Waals surface area contributed by atoms with Crippen LogP contribution in [0.5, 0.6) is 0 Å². The number of amides is 1. The van der Waals surface area contributed by atoms with Gasteiger partial charge in [0.15, 0.2) is 6.04 Å². The normalized spacial score (nSPS) is 18.8. The molecule has 8 nitrogen and oxygen atoms in total. The zero-order valence-electron chi connectivity index (χ0n) is 21.9. The molecule has 0 aliphatic heterocycles. The summed E-state index contributed by atoms with van der Waals surface area (Å²) in [6, 6.07) is -0.919. The van der Waals surface area contributed by atoms with Crippen molar-refractivity contribution in [2.45, 2.75) is 117 Å². The van der Waals surface area contributed by atoms with Crippen molar-refractivity contribution in [1.82, 2.24) is 5.32 Å². The van der Waals surface area contributed by atoms with Gasteiger partial charge in [-0.05, 0) is 72.1 Å². The molecule has 0 unspecified atom stereocenters. The summed E-state index contributed by atoms with van der Waals surface area (Å²) in [5.41, 5.74) is 3.05. The molecule has 2 saturated carbocycles. The van der Waals surface area contributed by atoms with Crippen molar-refractivity contribution in [2.24, 2.45) is 11.8 Å². The summed E-state index contributed by atoms with van der Waals surface area (Å²) in [6.45, 7) is 9.77. The Morgan fingerprint density at radius 2 is 1.24 bits per heavy atom. The number of carbonyl (C=O) groups excluding carboxylic acids is 3. The quantitative estimate of drug-likeness (QED) is 0.394. The summed E-state index contributed by atoms with van der Waals surface area (Å²) >= 11 is 0. The third kappa shape index (κ3) is 15.4. The Bertz CT molecular complexity index is 597. The highest BCUT2D eigenvalue weighted by atomic mass is 35.5. The molecule has 2 rings (SSSR count). The van der Waals surface area contributed by atoms with Crippen LogP contribution in [0.4, 0.5) is 4.79 Å². The Kier molecular flexibility index (Phi) is 16.2. The second-order valence-corrected chi connectivity index (χ2v) is 10.5. The second-order valence-electron chi connectivity index (χ2n) is 10.5. The molecular weight excluding hydrogens is 460 g/mol. The van der Waals surface area contributed by atoms with Gasteiger partial charge in [0.1, 0.15) is 11.6 Å². The summed E-state index contributed by atoms with van der Waals surface area (Å²) in [5.74, 6) is 0.518. The molecule has 1 amide bonds. The van der Waals surface area contributed by atoms with Crippen LogP contribution in [0.15, 0.2) is 0 Å². The van der Waals surface area contributed by atoms with Gasteiger partial charge < -0.3 is 25.3 Å². The summed E-state index contributed by atoms with van der Waals surface area (Å²) < 4.78 is 15.5. The minimum atomic E-state index is -0.687. The van der Waals surface area contributed by atoms with Gasteiger partial charge in [0, 0.05) is 0 Å². The number of nitrogens with one attached hydrogen (secondary N) is 1. The molecule has 2 atom stereocenters. The topological polar surface area (TPSA) is 119 Å². The van der Waals surface area contributed by atoms with Gasteiger partial charge in [-0.15, -0.1) is 12.4 Å². The predicted molar refractivity (Wildman–Crippen MR) is 133 cm³/mol. The number of ether oxygens (including phenoxy) is 3.